The summed E-state index contributed by atoms with van der Waals surface area (Å²) in [4.78, 5) is 0.0490. The van der Waals surface area contributed by atoms with E-state index >= 15 is 0 Å². The van der Waals surface area contributed by atoms with Crippen molar-refractivity contribution < 1.29 is 13.2 Å². The van der Waals surface area contributed by atoms with E-state index in [0.717, 1.165) is 11.1 Å². The van der Waals surface area contributed by atoms with Crippen molar-refractivity contribution in [2.75, 3.05) is 12.8 Å². The molecule has 0 saturated heterocycles. The van der Waals surface area contributed by atoms with E-state index < -0.39 is 10.0 Å². The van der Waals surface area contributed by atoms with Crippen LogP contribution in [0.3, 0.4) is 0 Å². The molecule has 0 unspecified atom stereocenters. The largest absolute Gasteiger partial charge is 0.495 e. The van der Waals surface area contributed by atoms with Crippen molar-refractivity contribution in [2.24, 2.45) is 0 Å². The van der Waals surface area contributed by atoms with Gasteiger partial charge in [0.15, 0.2) is 0 Å². The number of nitrogens with one attached hydrogen (secondary N) is 1. The second-order valence-electron chi connectivity index (χ2n) is 4.31. The van der Waals surface area contributed by atoms with E-state index in [1.54, 1.807) is 23.5 Å². The first-order chi connectivity index (χ1) is 9.44. The van der Waals surface area contributed by atoms with Crippen LogP contribution < -0.4 is 15.2 Å². The molecule has 0 amide bonds. The normalized spacial score (nSPS) is 11.5. The summed E-state index contributed by atoms with van der Waals surface area (Å²) in [5.74, 6) is 0.272. The van der Waals surface area contributed by atoms with E-state index in [1.165, 1.54) is 13.2 Å². The molecule has 3 N–H and O–H groups in total. The molecule has 2 rings (SSSR count). The highest BCUT2D eigenvalue weighted by Crippen LogP contribution is 2.26. The molecular formula is C13H16N2O3S2. The van der Waals surface area contributed by atoms with Gasteiger partial charge in [0.1, 0.15) is 10.6 Å². The highest BCUT2D eigenvalue weighted by Gasteiger charge is 2.19. The Bertz CT molecular complexity index is 708. The van der Waals surface area contributed by atoms with Gasteiger partial charge in [-0.2, -0.15) is 11.3 Å². The van der Waals surface area contributed by atoms with Gasteiger partial charge in [0, 0.05) is 12.2 Å². The van der Waals surface area contributed by atoms with Crippen LogP contribution in [0.5, 0.6) is 5.75 Å². The first-order valence-corrected chi connectivity index (χ1v) is 8.31. The van der Waals surface area contributed by atoms with Crippen LogP contribution in [-0.4, -0.2) is 15.5 Å². The van der Waals surface area contributed by atoms with Crippen molar-refractivity contribution in [1.82, 2.24) is 4.72 Å². The molecule has 1 aromatic carbocycles. The van der Waals surface area contributed by atoms with Crippen LogP contribution in [-0.2, 0) is 16.6 Å². The lowest BCUT2D eigenvalue weighted by Crippen LogP contribution is -2.24. The Labute approximate surface area is 122 Å². The summed E-state index contributed by atoms with van der Waals surface area (Å²) in [5, 5.41) is 3.90. The number of aryl methyl sites for hydroxylation is 1. The van der Waals surface area contributed by atoms with Crippen LogP contribution >= 0.6 is 11.3 Å². The first kappa shape index (κ1) is 14.8. The maximum atomic E-state index is 12.3. The fraction of sp³-hybridized carbons (Fsp3) is 0.231. The molecule has 20 heavy (non-hydrogen) atoms. The molecule has 0 aliphatic heterocycles. The molecule has 0 spiro atoms. The minimum absolute atomic E-state index is 0.0490. The van der Waals surface area contributed by atoms with Gasteiger partial charge in [0.2, 0.25) is 10.0 Å². The van der Waals surface area contributed by atoms with Crippen LogP contribution in [0.25, 0.3) is 0 Å². The Balaban J connectivity index is 2.26. The minimum Gasteiger partial charge on any atom is -0.495 e. The molecule has 0 bridgehead atoms. The molecular weight excluding hydrogens is 296 g/mol. The molecule has 1 aromatic heterocycles. The molecule has 108 valence electrons. The summed E-state index contributed by atoms with van der Waals surface area (Å²) in [6.07, 6.45) is 0. The number of thiophene rings is 1. The fourth-order valence-electron chi connectivity index (χ4n) is 1.72. The van der Waals surface area contributed by atoms with E-state index in [2.05, 4.69) is 4.72 Å². The van der Waals surface area contributed by atoms with Gasteiger partial charge in [-0.3, -0.25) is 0 Å². The maximum absolute atomic E-state index is 12.3. The highest BCUT2D eigenvalue weighted by molar-refractivity contribution is 7.89. The predicted octanol–water partition coefficient (Wildman–Crippen LogP) is 2.13. The number of nitrogen functional groups attached to an aromatic ring is 1. The third-order valence-electron chi connectivity index (χ3n) is 2.89. The van der Waals surface area contributed by atoms with Crippen molar-refractivity contribution in [3.8, 4) is 5.75 Å². The average molecular weight is 312 g/mol. The summed E-state index contributed by atoms with van der Waals surface area (Å²) < 4.78 is 32.3. The van der Waals surface area contributed by atoms with E-state index in [9.17, 15) is 8.42 Å². The number of benzene rings is 1. The Morgan fingerprint density at radius 3 is 2.70 bits per heavy atom. The molecule has 0 aliphatic rings. The summed E-state index contributed by atoms with van der Waals surface area (Å²) in [7, 11) is -2.24. The maximum Gasteiger partial charge on any atom is 0.244 e. The summed E-state index contributed by atoms with van der Waals surface area (Å²) in [6.45, 7) is 2.19. The zero-order chi connectivity index (χ0) is 14.8. The number of sulfonamides is 1. The Hall–Kier alpha value is -1.57. The van der Waals surface area contributed by atoms with E-state index in [-0.39, 0.29) is 17.2 Å². The minimum atomic E-state index is -3.67. The standard InChI is InChI=1S/C13H16N2O3S2/c1-9-7-19-8-10(9)6-15-20(16,17)13-5-11(14)3-4-12(13)18-2/h3-5,7-8,15H,6,14H2,1-2H3. The number of anilines is 1. The monoisotopic (exact) mass is 312 g/mol. The topological polar surface area (TPSA) is 81.4 Å². The molecule has 0 aliphatic carbocycles. The van der Waals surface area contributed by atoms with Gasteiger partial charge in [-0.15, -0.1) is 0 Å². The van der Waals surface area contributed by atoms with Crippen LogP contribution in [0.4, 0.5) is 5.69 Å². The average Bonchev–Trinajstić information content (AvgIpc) is 2.82. The third-order valence-corrected chi connectivity index (χ3v) is 5.22. The van der Waals surface area contributed by atoms with Gasteiger partial charge in [-0.1, -0.05) is 0 Å². The molecule has 5 nitrogen and oxygen atoms in total. The molecule has 0 saturated carbocycles. The quantitative estimate of drug-likeness (QED) is 0.829. The number of ether oxygens (including phenoxy) is 1. The lowest BCUT2D eigenvalue weighted by atomic mass is 10.2. The number of methoxy groups -OCH3 is 1. The molecule has 7 heteroatoms. The molecule has 0 fully saturated rings. The van der Waals surface area contributed by atoms with E-state index in [4.69, 9.17) is 10.5 Å². The number of hydrogen-bond acceptors (Lipinski definition) is 5. The van der Waals surface area contributed by atoms with Gasteiger partial charge in [0.05, 0.1) is 7.11 Å². The van der Waals surface area contributed by atoms with Crippen molar-refractivity contribution in [2.45, 2.75) is 18.4 Å². The predicted molar refractivity (Wildman–Crippen MR) is 80.5 cm³/mol. The highest BCUT2D eigenvalue weighted by atomic mass is 32.2. The summed E-state index contributed by atoms with van der Waals surface area (Å²) in [6, 6.07) is 4.53. The van der Waals surface area contributed by atoms with Crippen molar-refractivity contribution >= 4 is 27.0 Å². The van der Waals surface area contributed by atoms with E-state index in [0.29, 0.717) is 5.69 Å². The Kier molecular flexibility index (Phi) is 4.32. The van der Waals surface area contributed by atoms with Gasteiger partial charge in [0.25, 0.3) is 0 Å². The fourth-order valence-corrected chi connectivity index (χ4v) is 3.79. The molecule has 0 radical (unpaired) electrons. The zero-order valence-electron chi connectivity index (χ0n) is 11.2. The number of hydrogen-bond donors (Lipinski definition) is 2. The third kappa shape index (κ3) is 3.12. The van der Waals surface area contributed by atoms with Crippen LogP contribution in [0.1, 0.15) is 11.1 Å². The summed E-state index contributed by atoms with van der Waals surface area (Å²) >= 11 is 1.54. The van der Waals surface area contributed by atoms with Gasteiger partial charge in [-0.05, 0) is 47.0 Å². The first-order valence-electron chi connectivity index (χ1n) is 5.89. The van der Waals surface area contributed by atoms with Crippen molar-refractivity contribution in [1.29, 1.82) is 0 Å². The van der Waals surface area contributed by atoms with Gasteiger partial charge in [-0.25, -0.2) is 13.1 Å². The number of rotatable bonds is 5. The lowest BCUT2D eigenvalue weighted by Gasteiger charge is -2.11. The number of nitrogens with two attached hydrogens (primary N) is 1. The zero-order valence-corrected chi connectivity index (χ0v) is 12.8. The Morgan fingerprint density at radius 1 is 1.35 bits per heavy atom. The van der Waals surface area contributed by atoms with Crippen LogP contribution in [0, 0.1) is 6.92 Å². The smallest absolute Gasteiger partial charge is 0.244 e. The molecule has 2 aromatic rings. The van der Waals surface area contributed by atoms with Gasteiger partial charge >= 0.3 is 0 Å². The SMILES string of the molecule is COc1ccc(N)cc1S(=O)(=O)NCc1cscc1C. The van der Waals surface area contributed by atoms with Crippen LogP contribution in [0.2, 0.25) is 0 Å². The van der Waals surface area contributed by atoms with Gasteiger partial charge < -0.3 is 10.5 Å². The van der Waals surface area contributed by atoms with E-state index in [1.807, 2.05) is 17.7 Å². The van der Waals surface area contributed by atoms with Crippen molar-refractivity contribution in [3.05, 3.63) is 40.1 Å². The second kappa shape index (κ2) is 5.82. The second-order valence-corrected chi connectivity index (χ2v) is 6.79. The molecule has 1 heterocycles. The Morgan fingerprint density at radius 2 is 2.10 bits per heavy atom. The molecule has 0 atom stereocenters. The lowest BCUT2D eigenvalue weighted by molar-refractivity contribution is 0.402. The summed E-state index contributed by atoms with van der Waals surface area (Å²) in [5.41, 5.74) is 8.05. The van der Waals surface area contributed by atoms with Crippen molar-refractivity contribution in [3.63, 3.8) is 0 Å². The van der Waals surface area contributed by atoms with Crippen LogP contribution in [0.15, 0.2) is 33.9 Å².